The third-order valence-electron chi connectivity index (χ3n) is 5.17. The van der Waals surface area contributed by atoms with Gasteiger partial charge in [0.2, 0.25) is 0 Å². The SMILES string of the molecule is O=C([O-])CN1CCCN(CCC(c2ccccc2)c2ccccc2)CC1.[Na+]. The van der Waals surface area contributed by atoms with E-state index in [1.165, 1.54) is 11.1 Å². The van der Waals surface area contributed by atoms with Crippen LogP contribution in [0.15, 0.2) is 60.7 Å². The summed E-state index contributed by atoms with van der Waals surface area (Å²) in [6.07, 6.45) is 2.07. The number of hydrogen-bond acceptors (Lipinski definition) is 4. The molecule has 0 bridgehead atoms. The van der Waals surface area contributed by atoms with Gasteiger partial charge in [-0.15, -0.1) is 0 Å². The van der Waals surface area contributed by atoms with Crippen LogP contribution in [0.4, 0.5) is 0 Å². The summed E-state index contributed by atoms with van der Waals surface area (Å²) in [7, 11) is 0. The fraction of sp³-hybridized carbons (Fsp3) is 0.409. The van der Waals surface area contributed by atoms with Crippen LogP contribution in [0.5, 0.6) is 0 Å². The molecular weight excluding hydrogens is 347 g/mol. The van der Waals surface area contributed by atoms with Crippen LogP contribution in [0.3, 0.4) is 0 Å². The molecule has 2 aromatic rings. The molecule has 5 heteroatoms. The van der Waals surface area contributed by atoms with Gasteiger partial charge in [-0.05, 0) is 43.6 Å². The molecule has 1 fully saturated rings. The van der Waals surface area contributed by atoms with E-state index in [-0.39, 0.29) is 36.1 Å². The van der Waals surface area contributed by atoms with Gasteiger partial charge in [-0.3, -0.25) is 4.90 Å². The number of aliphatic carboxylic acids is 1. The summed E-state index contributed by atoms with van der Waals surface area (Å²) in [5.74, 6) is -0.591. The van der Waals surface area contributed by atoms with Crippen LogP contribution in [0.1, 0.15) is 29.9 Å². The van der Waals surface area contributed by atoms with Gasteiger partial charge in [-0.25, -0.2) is 0 Å². The molecule has 2 aromatic carbocycles. The molecule has 138 valence electrons. The Morgan fingerprint density at radius 3 is 1.93 bits per heavy atom. The Labute approximate surface area is 184 Å². The molecule has 0 atom stereocenters. The maximum absolute atomic E-state index is 10.8. The van der Waals surface area contributed by atoms with Gasteiger partial charge in [0.1, 0.15) is 0 Å². The number of rotatable bonds is 7. The number of carboxylic acid groups (broad SMARTS) is 1. The zero-order valence-corrected chi connectivity index (χ0v) is 18.2. The maximum Gasteiger partial charge on any atom is 1.00 e. The van der Waals surface area contributed by atoms with Crippen LogP contribution in [-0.4, -0.2) is 55.0 Å². The first-order chi connectivity index (χ1) is 12.7. The zero-order chi connectivity index (χ0) is 18.2. The molecule has 0 saturated carbocycles. The largest absolute Gasteiger partial charge is 1.00 e. The Kier molecular flexibility index (Phi) is 9.52. The Morgan fingerprint density at radius 1 is 0.852 bits per heavy atom. The Morgan fingerprint density at radius 2 is 1.37 bits per heavy atom. The van der Waals surface area contributed by atoms with Gasteiger partial charge in [0.15, 0.2) is 0 Å². The molecule has 0 amide bonds. The van der Waals surface area contributed by atoms with E-state index in [9.17, 15) is 9.90 Å². The van der Waals surface area contributed by atoms with E-state index in [1.807, 2.05) is 4.90 Å². The molecule has 0 aromatic heterocycles. The van der Waals surface area contributed by atoms with Crippen molar-refractivity contribution in [1.29, 1.82) is 0 Å². The van der Waals surface area contributed by atoms with Crippen molar-refractivity contribution in [3.05, 3.63) is 71.8 Å². The van der Waals surface area contributed by atoms with E-state index in [1.54, 1.807) is 0 Å². The molecular formula is C22H27N2NaO2. The average molecular weight is 374 g/mol. The minimum Gasteiger partial charge on any atom is -0.549 e. The summed E-state index contributed by atoms with van der Waals surface area (Å²) in [5.41, 5.74) is 2.71. The molecule has 0 N–H and O–H groups in total. The second kappa shape index (κ2) is 11.6. The van der Waals surface area contributed by atoms with Gasteiger partial charge in [0, 0.05) is 25.6 Å². The van der Waals surface area contributed by atoms with Crippen LogP contribution in [0, 0.1) is 0 Å². The molecule has 1 heterocycles. The number of hydrogen-bond donors (Lipinski definition) is 0. The van der Waals surface area contributed by atoms with Gasteiger partial charge < -0.3 is 14.8 Å². The van der Waals surface area contributed by atoms with Crippen molar-refractivity contribution in [2.45, 2.75) is 18.8 Å². The number of carboxylic acids is 1. The average Bonchev–Trinajstić information content (AvgIpc) is 2.88. The molecule has 1 saturated heterocycles. The minimum absolute atomic E-state index is 0. The molecule has 0 aliphatic carbocycles. The summed E-state index contributed by atoms with van der Waals surface area (Å²) in [6.45, 7) is 4.65. The predicted octanol–water partition coefficient (Wildman–Crippen LogP) is -1.03. The second-order valence-corrected chi connectivity index (χ2v) is 7.01. The van der Waals surface area contributed by atoms with Gasteiger partial charge >= 0.3 is 29.6 Å². The first-order valence-corrected chi connectivity index (χ1v) is 9.47. The number of benzene rings is 2. The van der Waals surface area contributed by atoms with Crippen LogP contribution < -0.4 is 34.7 Å². The molecule has 0 unspecified atom stereocenters. The van der Waals surface area contributed by atoms with E-state index in [0.29, 0.717) is 5.92 Å². The van der Waals surface area contributed by atoms with E-state index in [0.717, 1.165) is 45.6 Å². The van der Waals surface area contributed by atoms with Gasteiger partial charge in [-0.1, -0.05) is 60.7 Å². The minimum atomic E-state index is -0.980. The van der Waals surface area contributed by atoms with Crippen molar-refractivity contribution >= 4 is 5.97 Å². The normalized spacial score (nSPS) is 15.9. The third kappa shape index (κ3) is 7.05. The fourth-order valence-corrected chi connectivity index (χ4v) is 3.80. The molecule has 0 radical (unpaired) electrons. The van der Waals surface area contributed by atoms with E-state index < -0.39 is 5.97 Å². The molecule has 4 nitrogen and oxygen atoms in total. The molecule has 1 aliphatic rings. The molecule has 3 rings (SSSR count). The maximum atomic E-state index is 10.8. The second-order valence-electron chi connectivity index (χ2n) is 7.01. The zero-order valence-electron chi connectivity index (χ0n) is 16.2. The smallest absolute Gasteiger partial charge is 0.549 e. The van der Waals surface area contributed by atoms with Crippen LogP contribution in [0.2, 0.25) is 0 Å². The Balaban J connectivity index is 0.00000261. The van der Waals surface area contributed by atoms with Crippen molar-refractivity contribution in [1.82, 2.24) is 9.80 Å². The number of carbonyl (C=O) groups is 1. The topological polar surface area (TPSA) is 46.6 Å². The van der Waals surface area contributed by atoms with Crippen LogP contribution in [0.25, 0.3) is 0 Å². The van der Waals surface area contributed by atoms with E-state index in [4.69, 9.17) is 0 Å². The Hall–Kier alpha value is -1.17. The van der Waals surface area contributed by atoms with Gasteiger partial charge in [-0.2, -0.15) is 0 Å². The summed E-state index contributed by atoms with van der Waals surface area (Å²) < 4.78 is 0. The quantitative estimate of drug-likeness (QED) is 0.582. The van der Waals surface area contributed by atoms with E-state index >= 15 is 0 Å². The van der Waals surface area contributed by atoms with Crippen molar-refractivity contribution in [2.75, 3.05) is 39.3 Å². The Bertz CT molecular complexity index is 642. The molecule has 27 heavy (non-hydrogen) atoms. The first kappa shape index (κ1) is 22.1. The van der Waals surface area contributed by atoms with Gasteiger partial charge in [0.25, 0.3) is 0 Å². The van der Waals surface area contributed by atoms with Crippen molar-refractivity contribution < 1.29 is 39.5 Å². The van der Waals surface area contributed by atoms with E-state index in [2.05, 4.69) is 65.6 Å². The van der Waals surface area contributed by atoms with Crippen molar-refractivity contribution in [2.24, 2.45) is 0 Å². The van der Waals surface area contributed by atoms with Crippen molar-refractivity contribution in [3.8, 4) is 0 Å². The number of carbonyl (C=O) groups excluding carboxylic acids is 1. The monoisotopic (exact) mass is 374 g/mol. The fourth-order valence-electron chi connectivity index (χ4n) is 3.80. The van der Waals surface area contributed by atoms with Crippen LogP contribution >= 0.6 is 0 Å². The summed E-state index contributed by atoms with van der Waals surface area (Å²) in [4.78, 5) is 15.3. The standard InChI is InChI=1S/C22H28N2O2.Na/c25-22(26)18-24-14-7-13-23(16-17-24)15-12-21(19-8-3-1-4-9-19)20-10-5-2-6-11-20;/h1-6,8-11,21H,7,12-18H2,(H,25,26);/q;+1/p-1. The first-order valence-electron chi connectivity index (χ1n) is 9.47. The predicted molar refractivity (Wildman–Crippen MR) is 102 cm³/mol. The summed E-state index contributed by atoms with van der Waals surface area (Å²) in [6, 6.07) is 21.4. The summed E-state index contributed by atoms with van der Waals surface area (Å²) >= 11 is 0. The summed E-state index contributed by atoms with van der Waals surface area (Å²) in [5, 5.41) is 10.8. The van der Waals surface area contributed by atoms with Crippen molar-refractivity contribution in [3.63, 3.8) is 0 Å². The molecule has 1 aliphatic heterocycles. The molecule has 0 spiro atoms. The number of nitrogens with zero attached hydrogens (tertiary/aromatic N) is 2. The van der Waals surface area contributed by atoms with Gasteiger partial charge in [0.05, 0.1) is 5.97 Å². The van der Waals surface area contributed by atoms with Crippen LogP contribution in [-0.2, 0) is 4.79 Å². The third-order valence-corrected chi connectivity index (χ3v) is 5.17.